The molecule has 0 aliphatic heterocycles. The molecule has 0 aliphatic carbocycles. The summed E-state index contributed by atoms with van der Waals surface area (Å²) in [4.78, 5) is 31.9. The van der Waals surface area contributed by atoms with E-state index in [0.29, 0.717) is 18.3 Å². The molecule has 2 aromatic rings. The molecule has 3 N–H and O–H groups in total. The van der Waals surface area contributed by atoms with Crippen molar-refractivity contribution in [1.29, 1.82) is 0 Å². The number of hydrogen-bond acceptors (Lipinski definition) is 7. The fourth-order valence-electron chi connectivity index (χ4n) is 2.17. The van der Waals surface area contributed by atoms with Gasteiger partial charge in [0.25, 0.3) is 5.56 Å². The zero-order valence-electron chi connectivity index (χ0n) is 12.9. The highest BCUT2D eigenvalue weighted by atomic mass is 16.5. The predicted octanol–water partition coefficient (Wildman–Crippen LogP) is 0.247. The Morgan fingerprint density at radius 1 is 1.41 bits per heavy atom. The van der Waals surface area contributed by atoms with Gasteiger partial charge in [0.15, 0.2) is 5.82 Å². The van der Waals surface area contributed by atoms with E-state index in [2.05, 4.69) is 15.1 Å². The number of nitrogen functional groups attached to an aromatic ring is 1. The van der Waals surface area contributed by atoms with Gasteiger partial charge in [-0.15, -0.1) is 0 Å². The van der Waals surface area contributed by atoms with Gasteiger partial charge in [0.1, 0.15) is 11.5 Å². The summed E-state index contributed by atoms with van der Waals surface area (Å²) in [6.45, 7) is 4.40. The molecule has 0 radical (unpaired) electrons. The van der Waals surface area contributed by atoms with Gasteiger partial charge in [0.2, 0.25) is 5.89 Å². The van der Waals surface area contributed by atoms with Crippen molar-refractivity contribution in [2.24, 2.45) is 0 Å². The highest BCUT2D eigenvalue weighted by molar-refractivity contribution is 5.61. The summed E-state index contributed by atoms with van der Waals surface area (Å²) < 4.78 is 6.40. The van der Waals surface area contributed by atoms with Gasteiger partial charge in [-0.05, 0) is 13.3 Å². The monoisotopic (exact) mass is 308 g/mol. The summed E-state index contributed by atoms with van der Waals surface area (Å²) in [5.74, 6) is 1.02. The van der Waals surface area contributed by atoms with Crippen LogP contribution in [0, 0.1) is 6.92 Å². The van der Waals surface area contributed by atoms with Crippen LogP contribution in [0.2, 0.25) is 0 Å². The smallest absolute Gasteiger partial charge is 0.330 e. The predicted molar refractivity (Wildman–Crippen MR) is 81.8 cm³/mol. The van der Waals surface area contributed by atoms with Crippen molar-refractivity contribution in [3.63, 3.8) is 0 Å². The second-order valence-electron chi connectivity index (χ2n) is 5.09. The van der Waals surface area contributed by atoms with Crippen LogP contribution in [-0.2, 0) is 13.1 Å². The lowest BCUT2D eigenvalue weighted by atomic mass is 10.3. The van der Waals surface area contributed by atoms with Crippen molar-refractivity contribution in [2.45, 2.75) is 39.8 Å². The van der Waals surface area contributed by atoms with Crippen molar-refractivity contribution >= 4 is 11.5 Å². The van der Waals surface area contributed by atoms with Crippen LogP contribution in [0.4, 0.5) is 11.5 Å². The number of aryl methyl sites for hydroxylation is 1. The molecule has 120 valence electrons. The van der Waals surface area contributed by atoms with Crippen LogP contribution in [0.15, 0.2) is 14.1 Å². The third kappa shape index (κ3) is 3.18. The third-order valence-corrected chi connectivity index (χ3v) is 3.27. The van der Waals surface area contributed by atoms with Crippen molar-refractivity contribution in [1.82, 2.24) is 19.7 Å². The molecule has 2 rings (SSSR count). The minimum absolute atomic E-state index is 0.140. The van der Waals surface area contributed by atoms with Crippen molar-refractivity contribution in [3.05, 3.63) is 32.6 Å². The van der Waals surface area contributed by atoms with Crippen LogP contribution >= 0.6 is 0 Å². The van der Waals surface area contributed by atoms with E-state index in [-0.39, 0.29) is 18.1 Å². The number of aromatic nitrogens is 4. The number of hydrogen-bond donors (Lipinski definition) is 2. The number of anilines is 2. The van der Waals surface area contributed by atoms with E-state index in [1.807, 2.05) is 6.92 Å². The Kier molecular flexibility index (Phi) is 4.64. The Morgan fingerprint density at radius 2 is 2.14 bits per heavy atom. The Labute approximate surface area is 126 Å². The largest absolute Gasteiger partial charge is 0.383 e. The molecular weight excluding hydrogens is 288 g/mol. The van der Waals surface area contributed by atoms with Gasteiger partial charge >= 0.3 is 5.69 Å². The van der Waals surface area contributed by atoms with E-state index >= 15 is 0 Å². The van der Waals surface area contributed by atoms with Crippen LogP contribution in [-0.4, -0.2) is 26.7 Å². The minimum Gasteiger partial charge on any atom is -0.383 e. The van der Waals surface area contributed by atoms with Crippen LogP contribution < -0.4 is 21.9 Å². The summed E-state index contributed by atoms with van der Waals surface area (Å²) in [6.07, 6.45) is 1.71. The van der Waals surface area contributed by atoms with E-state index in [9.17, 15) is 9.59 Å². The van der Waals surface area contributed by atoms with Gasteiger partial charge in [-0.25, -0.2) is 4.79 Å². The van der Waals surface area contributed by atoms with E-state index in [0.717, 1.165) is 12.8 Å². The number of unbranched alkanes of at least 4 members (excludes halogenated alkanes) is 1. The van der Waals surface area contributed by atoms with Crippen LogP contribution in [0.1, 0.15) is 31.5 Å². The first kappa shape index (κ1) is 15.8. The lowest BCUT2D eigenvalue weighted by Crippen LogP contribution is -2.37. The zero-order chi connectivity index (χ0) is 16.3. The lowest BCUT2D eigenvalue weighted by molar-refractivity contribution is 0.374. The summed E-state index contributed by atoms with van der Waals surface area (Å²) in [5, 5.41) is 3.70. The second kappa shape index (κ2) is 6.46. The first-order chi connectivity index (χ1) is 10.4. The summed E-state index contributed by atoms with van der Waals surface area (Å²) >= 11 is 0. The summed E-state index contributed by atoms with van der Waals surface area (Å²) in [6, 6.07) is 0. The molecule has 2 heterocycles. The molecule has 0 saturated carbocycles. The maximum atomic E-state index is 12.1. The molecule has 0 saturated heterocycles. The summed E-state index contributed by atoms with van der Waals surface area (Å²) in [7, 11) is 1.68. The fraction of sp³-hybridized carbons (Fsp3) is 0.538. The van der Waals surface area contributed by atoms with Crippen LogP contribution in [0.25, 0.3) is 0 Å². The number of nitrogens with two attached hydrogens (primary N) is 1. The second-order valence-corrected chi connectivity index (χ2v) is 5.09. The van der Waals surface area contributed by atoms with E-state index < -0.39 is 11.2 Å². The first-order valence-electron chi connectivity index (χ1n) is 7.07. The molecular formula is C13H20N6O3. The van der Waals surface area contributed by atoms with Crippen LogP contribution in [0.3, 0.4) is 0 Å². The summed E-state index contributed by atoms with van der Waals surface area (Å²) in [5.41, 5.74) is 5.20. The van der Waals surface area contributed by atoms with Crippen molar-refractivity contribution < 1.29 is 4.52 Å². The molecule has 0 unspecified atom stereocenters. The third-order valence-electron chi connectivity index (χ3n) is 3.27. The SMILES string of the molecule is CCCCn1c(N)c(N(C)Cc2nc(C)no2)c(=O)[nH]c1=O. The fourth-order valence-corrected chi connectivity index (χ4v) is 2.17. The van der Waals surface area contributed by atoms with Gasteiger partial charge in [0, 0.05) is 13.6 Å². The molecule has 2 aromatic heterocycles. The number of H-pyrrole nitrogens is 1. The minimum atomic E-state index is -0.533. The van der Waals surface area contributed by atoms with Gasteiger partial charge in [-0.2, -0.15) is 4.98 Å². The topological polar surface area (TPSA) is 123 Å². The number of aromatic amines is 1. The van der Waals surface area contributed by atoms with Gasteiger partial charge < -0.3 is 15.2 Å². The molecule has 9 nitrogen and oxygen atoms in total. The number of nitrogens with one attached hydrogen (secondary N) is 1. The van der Waals surface area contributed by atoms with Gasteiger partial charge in [-0.1, -0.05) is 18.5 Å². The molecule has 0 fully saturated rings. The van der Waals surface area contributed by atoms with E-state index in [1.165, 1.54) is 4.57 Å². The molecule has 0 atom stereocenters. The Hall–Kier alpha value is -2.58. The average Bonchev–Trinajstić information content (AvgIpc) is 2.83. The van der Waals surface area contributed by atoms with Gasteiger partial charge in [-0.3, -0.25) is 14.3 Å². The normalized spacial score (nSPS) is 10.9. The molecule has 0 bridgehead atoms. The highest BCUT2D eigenvalue weighted by Gasteiger charge is 2.18. The van der Waals surface area contributed by atoms with Crippen LogP contribution in [0.5, 0.6) is 0 Å². The standard InChI is InChI=1S/C13H20N6O3/c1-4-5-6-19-11(14)10(12(20)16-13(19)21)18(3)7-9-15-8(2)17-22-9/h4-7,14H2,1-3H3,(H,16,20,21). The maximum absolute atomic E-state index is 12.1. The number of nitrogens with zero attached hydrogens (tertiary/aromatic N) is 4. The molecule has 0 aromatic carbocycles. The molecule has 0 spiro atoms. The maximum Gasteiger partial charge on any atom is 0.330 e. The lowest BCUT2D eigenvalue weighted by Gasteiger charge is -2.20. The van der Waals surface area contributed by atoms with Crippen molar-refractivity contribution in [2.75, 3.05) is 17.7 Å². The van der Waals surface area contributed by atoms with Crippen molar-refractivity contribution in [3.8, 4) is 0 Å². The zero-order valence-corrected chi connectivity index (χ0v) is 12.9. The Balaban J connectivity index is 2.36. The van der Waals surface area contributed by atoms with Gasteiger partial charge in [0.05, 0.1) is 6.54 Å². The quantitative estimate of drug-likeness (QED) is 0.783. The Morgan fingerprint density at radius 3 is 2.73 bits per heavy atom. The van der Waals surface area contributed by atoms with E-state index in [4.69, 9.17) is 10.3 Å². The first-order valence-corrected chi connectivity index (χ1v) is 7.07. The highest BCUT2D eigenvalue weighted by Crippen LogP contribution is 2.17. The number of rotatable bonds is 6. The molecule has 0 aliphatic rings. The molecule has 9 heteroatoms. The average molecular weight is 308 g/mol. The molecule has 22 heavy (non-hydrogen) atoms. The van der Waals surface area contributed by atoms with E-state index in [1.54, 1.807) is 18.9 Å². The Bertz CT molecular complexity index is 760. The molecule has 0 amide bonds.